The highest BCUT2D eigenvalue weighted by Gasteiger charge is 2.18. The lowest BCUT2D eigenvalue weighted by atomic mass is 10.2. The van der Waals surface area contributed by atoms with Gasteiger partial charge in [0.2, 0.25) is 0 Å². The normalized spacial score (nSPS) is 11.8. The molecule has 0 saturated carbocycles. The van der Waals surface area contributed by atoms with Gasteiger partial charge in [0.1, 0.15) is 5.60 Å². The third kappa shape index (κ3) is 6.20. The zero-order chi connectivity index (χ0) is 10.5. The van der Waals surface area contributed by atoms with Gasteiger partial charge in [-0.25, -0.2) is 4.79 Å². The zero-order valence-corrected chi connectivity index (χ0v) is 9.13. The standard InChI is InChI=1S/C10H19NO2/c1-6-7-8-11(5)9(12)13-10(2,3)4/h6-7H,8H2,1-5H3/b7-6+. The van der Waals surface area contributed by atoms with Crippen LogP contribution in [0.2, 0.25) is 0 Å². The van der Waals surface area contributed by atoms with E-state index in [1.165, 1.54) is 4.90 Å². The molecule has 0 saturated heterocycles. The monoisotopic (exact) mass is 185 g/mol. The van der Waals surface area contributed by atoms with E-state index in [0.29, 0.717) is 6.54 Å². The van der Waals surface area contributed by atoms with Crippen LogP contribution in [0.1, 0.15) is 27.7 Å². The van der Waals surface area contributed by atoms with E-state index in [2.05, 4.69) is 0 Å². The van der Waals surface area contributed by atoms with Crippen molar-refractivity contribution in [2.45, 2.75) is 33.3 Å². The number of rotatable bonds is 2. The Morgan fingerprint density at radius 2 is 2.00 bits per heavy atom. The van der Waals surface area contributed by atoms with E-state index in [0.717, 1.165) is 0 Å². The van der Waals surface area contributed by atoms with Crippen LogP contribution in [0.15, 0.2) is 12.2 Å². The molecule has 0 aromatic heterocycles. The molecular formula is C10H19NO2. The highest BCUT2D eigenvalue weighted by Crippen LogP contribution is 2.08. The molecular weight excluding hydrogens is 166 g/mol. The molecule has 0 unspecified atom stereocenters. The van der Waals surface area contributed by atoms with E-state index < -0.39 is 5.60 Å². The molecule has 0 atom stereocenters. The third-order valence-electron chi connectivity index (χ3n) is 1.32. The molecule has 3 heteroatoms. The molecule has 1 amide bonds. The molecule has 0 aromatic rings. The lowest BCUT2D eigenvalue weighted by molar-refractivity contribution is 0.0318. The Hall–Kier alpha value is -0.990. The molecule has 13 heavy (non-hydrogen) atoms. The second-order valence-electron chi connectivity index (χ2n) is 3.93. The minimum atomic E-state index is -0.415. The Morgan fingerprint density at radius 1 is 1.46 bits per heavy atom. The van der Waals surface area contributed by atoms with Crippen LogP contribution in [0.3, 0.4) is 0 Å². The molecule has 0 aliphatic rings. The van der Waals surface area contributed by atoms with E-state index in [4.69, 9.17) is 4.74 Å². The van der Waals surface area contributed by atoms with Gasteiger partial charge in [0.15, 0.2) is 0 Å². The van der Waals surface area contributed by atoms with E-state index in [1.54, 1.807) is 7.05 Å². The summed E-state index contributed by atoms with van der Waals surface area (Å²) in [5, 5.41) is 0. The van der Waals surface area contributed by atoms with Gasteiger partial charge in [0, 0.05) is 13.6 Å². The SMILES string of the molecule is C/C=C/CN(C)C(=O)OC(C)(C)C. The lowest BCUT2D eigenvalue weighted by Crippen LogP contribution is -2.34. The van der Waals surface area contributed by atoms with Crippen LogP contribution in [0, 0.1) is 0 Å². The predicted molar refractivity (Wildman–Crippen MR) is 53.7 cm³/mol. The highest BCUT2D eigenvalue weighted by atomic mass is 16.6. The Morgan fingerprint density at radius 3 is 2.38 bits per heavy atom. The summed E-state index contributed by atoms with van der Waals surface area (Å²) in [5.74, 6) is 0. The van der Waals surface area contributed by atoms with Crippen LogP contribution < -0.4 is 0 Å². The zero-order valence-electron chi connectivity index (χ0n) is 9.13. The van der Waals surface area contributed by atoms with Crippen molar-refractivity contribution in [2.75, 3.05) is 13.6 Å². The fourth-order valence-electron chi connectivity index (χ4n) is 0.678. The van der Waals surface area contributed by atoms with Crippen molar-refractivity contribution in [3.63, 3.8) is 0 Å². The van der Waals surface area contributed by atoms with E-state index in [-0.39, 0.29) is 6.09 Å². The van der Waals surface area contributed by atoms with Crippen molar-refractivity contribution < 1.29 is 9.53 Å². The smallest absolute Gasteiger partial charge is 0.410 e. The van der Waals surface area contributed by atoms with Crippen molar-refractivity contribution in [2.24, 2.45) is 0 Å². The first-order chi connectivity index (χ1) is 5.87. The first kappa shape index (κ1) is 12.0. The van der Waals surface area contributed by atoms with Crippen LogP contribution in [0.5, 0.6) is 0 Å². The number of amides is 1. The van der Waals surface area contributed by atoms with Gasteiger partial charge >= 0.3 is 6.09 Å². The number of likely N-dealkylation sites (N-methyl/N-ethyl adjacent to an activating group) is 1. The second kappa shape index (κ2) is 4.90. The predicted octanol–water partition coefficient (Wildman–Crippen LogP) is 2.43. The molecule has 0 aromatic carbocycles. The summed E-state index contributed by atoms with van der Waals surface area (Å²) in [5.41, 5.74) is -0.415. The summed E-state index contributed by atoms with van der Waals surface area (Å²) in [7, 11) is 1.72. The molecule has 0 bridgehead atoms. The number of allylic oxidation sites excluding steroid dienone is 1. The summed E-state index contributed by atoms with van der Waals surface area (Å²) in [4.78, 5) is 12.9. The number of hydrogen-bond acceptors (Lipinski definition) is 2. The van der Waals surface area contributed by atoms with Crippen LogP contribution in [0.4, 0.5) is 4.79 Å². The van der Waals surface area contributed by atoms with Crippen molar-refractivity contribution in [1.29, 1.82) is 0 Å². The Balaban J connectivity index is 3.97. The van der Waals surface area contributed by atoms with E-state index in [1.807, 2.05) is 39.8 Å². The maximum absolute atomic E-state index is 11.3. The molecule has 0 aliphatic carbocycles. The van der Waals surface area contributed by atoms with Gasteiger partial charge in [-0.1, -0.05) is 12.2 Å². The summed E-state index contributed by atoms with van der Waals surface area (Å²) in [6, 6.07) is 0. The number of carbonyl (C=O) groups is 1. The molecule has 0 N–H and O–H groups in total. The fourth-order valence-corrected chi connectivity index (χ4v) is 0.678. The molecule has 3 nitrogen and oxygen atoms in total. The largest absolute Gasteiger partial charge is 0.444 e. The molecule has 0 spiro atoms. The van der Waals surface area contributed by atoms with Gasteiger partial charge in [-0.2, -0.15) is 0 Å². The van der Waals surface area contributed by atoms with Crippen LogP contribution >= 0.6 is 0 Å². The van der Waals surface area contributed by atoms with Crippen LogP contribution in [0.25, 0.3) is 0 Å². The quantitative estimate of drug-likeness (QED) is 0.618. The van der Waals surface area contributed by atoms with E-state index >= 15 is 0 Å². The number of carbonyl (C=O) groups excluding carboxylic acids is 1. The molecule has 0 radical (unpaired) electrons. The van der Waals surface area contributed by atoms with Crippen molar-refractivity contribution >= 4 is 6.09 Å². The minimum absolute atomic E-state index is 0.286. The summed E-state index contributed by atoms with van der Waals surface area (Å²) in [6.07, 6.45) is 3.52. The van der Waals surface area contributed by atoms with Crippen molar-refractivity contribution in [3.8, 4) is 0 Å². The fraction of sp³-hybridized carbons (Fsp3) is 0.700. The highest BCUT2D eigenvalue weighted by molar-refractivity contribution is 5.67. The Labute approximate surface area is 80.4 Å². The van der Waals surface area contributed by atoms with Gasteiger partial charge in [0.25, 0.3) is 0 Å². The average Bonchev–Trinajstić information content (AvgIpc) is 1.96. The van der Waals surface area contributed by atoms with Gasteiger partial charge in [-0.3, -0.25) is 0 Å². The number of hydrogen-bond donors (Lipinski definition) is 0. The number of ether oxygens (including phenoxy) is 1. The topological polar surface area (TPSA) is 29.5 Å². The molecule has 76 valence electrons. The lowest BCUT2D eigenvalue weighted by Gasteiger charge is -2.23. The Bertz CT molecular complexity index is 192. The van der Waals surface area contributed by atoms with Crippen molar-refractivity contribution in [3.05, 3.63) is 12.2 Å². The van der Waals surface area contributed by atoms with Crippen LogP contribution in [-0.2, 0) is 4.74 Å². The van der Waals surface area contributed by atoms with E-state index in [9.17, 15) is 4.79 Å². The molecule has 0 heterocycles. The third-order valence-corrected chi connectivity index (χ3v) is 1.32. The summed E-state index contributed by atoms with van der Waals surface area (Å²) < 4.78 is 5.15. The van der Waals surface area contributed by atoms with Gasteiger partial charge < -0.3 is 9.64 Å². The Kier molecular flexibility index (Phi) is 4.52. The average molecular weight is 185 g/mol. The molecule has 0 aliphatic heterocycles. The first-order valence-corrected chi connectivity index (χ1v) is 4.42. The maximum Gasteiger partial charge on any atom is 0.410 e. The first-order valence-electron chi connectivity index (χ1n) is 4.42. The van der Waals surface area contributed by atoms with Crippen molar-refractivity contribution in [1.82, 2.24) is 4.90 Å². The maximum atomic E-state index is 11.3. The van der Waals surface area contributed by atoms with Gasteiger partial charge in [0.05, 0.1) is 0 Å². The summed E-state index contributed by atoms with van der Waals surface area (Å²) in [6.45, 7) is 8.07. The van der Waals surface area contributed by atoms with Crippen LogP contribution in [-0.4, -0.2) is 30.2 Å². The number of nitrogens with zero attached hydrogens (tertiary/aromatic N) is 1. The molecule has 0 fully saturated rings. The summed E-state index contributed by atoms with van der Waals surface area (Å²) >= 11 is 0. The van der Waals surface area contributed by atoms with Gasteiger partial charge in [-0.05, 0) is 27.7 Å². The minimum Gasteiger partial charge on any atom is -0.444 e. The molecule has 0 rings (SSSR count). The van der Waals surface area contributed by atoms with Gasteiger partial charge in [-0.15, -0.1) is 0 Å². The second-order valence-corrected chi connectivity index (χ2v) is 3.93.